The van der Waals surface area contributed by atoms with E-state index in [-0.39, 0.29) is 0 Å². The first-order chi connectivity index (χ1) is 8.99. The molecule has 0 aliphatic carbocycles. The van der Waals surface area contributed by atoms with Crippen LogP contribution in [0.15, 0.2) is 41.3 Å². The average molecular weight is 292 g/mol. The van der Waals surface area contributed by atoms with Gasteiger partial charge in [0.2, 0.25) is 0 Å². The maximum Gasteiger partial charge on any atom is 0.175 e. The van der Waals surface area contributed by atoms with Gasteiger partial charge in [-0.15, -0.1) is 11.3 Å². The summed E-state index contributed by atoms with van der Waals surface area (Å²) in [4.78, 5) is 2.05. The van der Waals surface area contributed by atoms with Crippen molar-refractivity contribution >= 4 is 26.9 Å². The summed E-state index contributed by atoms with van der Waals surface area (Å²) in [5.74, 6) is 0. The predicted molar refractivity (Wildman–Crippen MR) is 75.9 cm³/mol. The van der Waals surface area contributed by atoms with Crippen molar-refractivity contribution in [3.05, 3.63) is 46.2 Å². The first-order valence-corrected chi connectivity index (χ1v) is 8.22. The number of anilines is 1. The Kier molecular flexibility index (Phi) is 3.88. The van der Waals surface area contributed by atoms with Crippen LogP contribution in [-0.2, 0) is 16.4 Å². The molecule has 98 valence electrons. The second kappa shape index (κ2) is 5.43. The molecule has 2 aromatic rings. The number of hydrogen-bond acceptors (Lipinski definition) is 5. The third-order valence-corrected chi connectivity index (χ3v) is 4.64. The Morgan fingerprint density at radius 1 is 1.21 bits per heavy atom. The van der Waals surface area contributed by atoms with Crippen LogP contribution in [-0.4, -0.2) is 14.7 Å². The topological polar surface area (TPSA) is 70.0 Å². The van der Waals surface area contributed by atoms with Gasteiger partial charge in [-0.2, -0.15) is 5.26 Å². The summed E-state index contributed by atoms with van der Waals surface area (Å²) < 4.78 is 22.6. The number of benzene rings is 1. The molecule has 0 aliphatic rings. The molecule has 6 heteroatoms. The first-order valence-electron chi connectivity index (χ1n) is 5.52. The van der Waals surface area contributed by atoms with Crippen LogP contribution in [0.3, 0.4) is 0 Å². The van der Waals surface area contributed by atoms with Crippen molar-refractivity contribution in [2.75, 3.05) is 11.6 Å². The highest BCUT2D eigenvalue weighted by molar-refractivity contribution is 7.90. The van der Waals surface area contributed by atoms with E-state index < -0.39 is 9.84 Å². The Balaban J connectivity index is 2.03. The molecule has 0 amide bonds. The molecule has 0 saturated heterocycles. The van der Waals surface area contributed by atoms with E-state index in [2.05, 4.69) is 11.4 Å². The molecule has 0 atom stereocenters. The lowest BCUT2D eigenvalue weighted by molar-refractivity contribution is 0.602. The molecule has 0 fully saturated rings. The molecule has 0 bridgehead atoms. The van der Waals surface area contributed by atoms with E-state index in [4.69, 9.17) is 5.26 Å². The molecule has 4 nitrogen and oxygen atoms in total. The molecule has 0 saturated carbocycles. The van der Waals surface area contributed by atoms with Crippen LogP contribution < -0.4 is 5.32 Å². The van der Waals surface area contributed by atoms with Gasteiger partial charge in [-0.05, 0) is 36.4 Å². The number of hydrogen-bond donors (Lipinski definition) is 1. The fourth-order valence-electron chi connectivity index (χ4n) is 1.54. The molecular weight excluding hydrogens is 280 g/mol. The zero-order valence-corrected chi connectivity index (χ0v) is 11.9. The number of rotatable bonds is 4. The summed E-state index contributed by atoms with van der Waals surface area (Å²) in [6.45, 7) is 0.616. The maximum atomic E-state index is 11.3. The van der Waals surface area contributed by atoms with Crippen LogP contribution in [0.25, 0.3) is 0 Å². The average Bonchev–Trinajstić information content (AvgIpc) is 2.84. The Labute approximate surface area is 116 Å². The minimum Gasteiger partial charge on any atom is -0.380 e. The molecule has 1 heterocycles. The molecule has 0 unspecified atom stereocenters. The summed E-state index contributed by atoms with van der Waals surface area (Å²) in [5.41, 5.74) is 0.847. The fourth-order valence-corrected chi connectivity index (χ4v) is 2.92. The standard InChI is InChI=1S/C13H12N2O2S2/c1-19(16,17)13-6-2-10(3-7-13)15-9-12-5-4-11(8-14)18-12/h2-7,15H,9H2,1H3. The minimum absolute atomic E-state index is 0.306. The van der Waals surface area contributed by atoms with E-state index in [1.54, 1.807) is 30.3 Å². The number of sulfone groups is 1. The third kappa shape index (κ3) is 3.56. The Morgan fingerprint density at radius 2 is 1.89 bits per heavy atom. The van der Waals surface area contributed by atoms with Gasteiger partial charge in [0.25, 0.3) is 0 Å². The summed E-state index contributed by atoms with van der Waals surface area (Å²) in [5, 5.41) is 11.9. The summed E-state index contributed by atoms with van der Waals surface area (Å²) in [7, 11) is -3.15. The van der Waals surface area contributed by atoms with Crippen LogP contribution in [0.5, 0.6) is 0 Å². The summed E-state index contributed by atoms with van der Waals surface area (Å²) in [6.07, 6.45) is 1.19. The lowest BCUT2D eigenvalue weighted by Crippen LogP contribution is -1.99. The van der Waals surface area contributed by atoms with Gasteiger partial charge in [-0.3, -0.25) is 0 Å². The smallest absolute Gasteiger partial charge is 0.175 e. The number of nitrogens with zero attached hydrogens (tertiary/aromatic N) is 1. The van der Waals surface area contributed by atoms with Gasteiger partial charge < -0.3 is 5.32 Å². The van der Waals surface area contributed by atoms with Crippen LogP contribution >= 0.6 is 11.3 Å². The fraction of sp³-hybridized carbons (Fsp3) is 0.154. The molecule has 19 heavy (non-hydrogen) atoms. The second-order valence-corrected chi connectivity index (χ2v) is 7.21. The quantitative estimate of drug-likeness (QED) is 0.940. The summed E-state index contributed by atoms with van der Waals surface area (Å²) in [6, 6.07) is 12.4. The predicted octanol–water partition coefficient (Wildman–Crippen LogP) is 2.64. The van der Waals surface area contributed by atoms with E-state index in [9.17, 15) is 8.42 Å². The van der Waals surface area contributed by atoms with Gasteiger partial charge >= 0.3 is 0 Å². The van der Waals surface area contributed by atoms with Gasteiger partial charge in [-0.1, -0.05) is 0 Å². The highest BCUT2D eigenvalue weighted by atomic mass is 32.2. The molecule has 0 radical (unpaired) electrons. The van der Waals surface area contributed by atoms with Gasteiger partial charge in [0, 0.05) is 23.4 Å². The molecule has 1 aromatic carbocycles. The van der Waals surface area contributed by atoms with Gasteiger partial charge in [0.15, 0.2) is 9.84 Å². The van der Waals surface area contributed by atoms with Gasteiger partial charge in [-0.25, -0.2) is 8.42 Å². The molecule has 1 aromatic heterocycles. The van der Waals surface area contributed by atoms with Crippen LogP contribution in [0, 0.1) is 11.3 Å². The first kappa shape index (κ1) is 13.6. The van der Waals surface area contributed by atoms with Crippen molar-refractivity contribution in [1.29, 1.82) is 5.26 Å². The van der Waals surface area contributed by atoms with Gasteiger partial charge in [0.05, 0.1) is 4.90 Å². The van der Waals surface area contributed by atoms with Crippen LogP contribution in [0.4, 0.5) is 5.69 Å². The number of thiophene rings is 1. The van der Waals surface area contributed by atoms with Crippen molar-refractivity contribution in [1.82, 2.24) is 0 Å². The van der Waals surface area contributed by atoms with Crippen molar-refractivity contribution in [3.8, 4) is 6.07 Å². The second-order valence-electron chi connectivity index (χ2n) is 4.03. The lowest BCUT2D eigenvalue weighted by Gasteiger charge is -2.05. The normalized spacial score (nSPS) is 10.9. The van der Waals surface area contributed by atoms with E-state index in [0.29, 0.717) is 16.3 Å². The number of nitrogens with one attached hydrogen (secondary N) is 1. The molecule has 1 N–H and O–H groups in total. The monoisotopic (exact) mass is 292 g/mol. The third-order valence-electron chi connectivity index (χ3n) is 2.52. The van der Waals surface area contributed by atoms with Crippen LogP contribution in [0.1, 0.15) is 9.75 Å². The SMILES string of the molecule is CS(=O)(=O)c1ccc(NCc2ccc(C#N)s2)cc1. The van der Waals surface area contributed by atoms with Gasteiger partial charge in [0.1, 0.15) is 10.9 Å². The van der Waals surface area contributed by atoms with Crippen molar-refractivity contribution < 1.29 is 8.42 Å². The van der Waals surface area contributed by atoms with E-state index in [0.717, 1.165) is 10.6 Å². The summed E-state index contributed by atoms with van der Waals surface area (Å²) >= 11 is 1.44. The Hall–Kier alpha value is -1.84. The zero-order chi connectivity index (χ0) is 13.9. The highest BCUT2D eigenvalue weighted by Gasteiger charge is 2.06. The number of nitriles is 1. The highest BCUT2D eigenvalue weighted by Crippen LogP contribution is 2.18. The largest absolute Gasteiger partial charge is 0.380 e. The van der Waals surface area contributed by atoms with Crippen molar-refractivity contribution in [2.24, 2.45) is 0 Å². The van der Waals surface area contributed by atoms with E-state index >= 15 is 0 Å². The zero-order valence-electron chi connectivity index (χ0n) is 10.3. The minimum atomic E-state index is -3.15. The van der Waals surface area contributed by atoms with Crippen molar-refractivity contribution in [2.45, 2.75) is 11.4 Å². The maximum absolute atomic E-state index is 11.3. The van der Waals surface area contributed by atoms with E-state index in [1.165, 1.54) is 17.6 Å². The lowest BCUT2D eigenvalue weighted by atomic mass is 10.3. The molecule has 0 aliphatic heterocycles. The Morgan fingerprint density at radius 3 is 2.42 bits per heavy atom. The molecular formula is C13H12N2O2S2. The van der Waals surface area contributed by atoms with E-state index in [1.807, 2.05) is 6.07 Å². The molecule has 0 spiro atoms. The van der Waals surface area contributed by atoms with Crippen LogP contribution in [0.2, 0.25) is 0 Å². The molecule has 2 rings (SSSR count). The Bertz CT molecular complexity index is 710. The van der Waals surface area contributed by atoms with Crippen molar-refractivity contribution in [3.63, 3.8) is 0 Å².